The molecule has 1 aliphatic rings. The van der Waals surface area contributed by atoms with Crippen molar-refractivity contribution in [2.45, 2.75) is 32.4 Å². The zero-order valence-corrected chi connectivity index (χ0v) is 7.64. The third-order valence-electron chi connectivity index (χ3n) is 2.61. The van der Waals surface area contributed by atoms with E-state index < -0.39 is 0 Å². The zero-order valence-electron chi connectivity index (χ0n) is 7.64. The number of nitrogens with zero attached hydrogens (tertiary/aromatic N) is 1. The fourth-order valence-electron chi connectivity index (χ4n) is 1.28. The minimum atomic E-state index is -0.00116. The Labute approximate surface area is 67.8 Å². The molecule has 0 aliphatic carbocycles. The second-order valence-corrected chi connectivity index (χ2v) is 3.82. The summed E-state index contributed by atoms with van der Waals surface area (Å²) in [5.74, 6) is 0.131. The van der Waals surface area contributed by atoms with Crippen LogP contribution < -0.4 is 5.32 Å². The van der Waals surface area contributed by atoms with Crippen molar-refractivity contribution in [2.24, 2.45) is 0 Å². The lowest BCUT2D eigenvalue weighted by Gasteiger charge is -2.43. The highest BCUT2D eigenvalue weighted by molar-refractivity contribution is 5.82. The van der Waals surface area contributed by atoms with Gasteiger partial charge in [0.1, 0.15) is 0 Å². The average Bonchev–Trinajstić information content (AvgIpc) is 1.95. The van der Waals surface area contributed by atoms with Crippen LogP contribution in [0.15, 0.2) is 0 Å². The van der Waals surface area contributed by atoms with Gasteiger partial charge in [-0.2, -0.15) is 0 Å². The molecule has 64 valence electrons. The third kappa shape index (κ3) is 1.38. The Kier molecular flexibility index (Phi) is 1.92. The first-order chi connectivity index (χ1) is 4.95. The van der Waals surface area contributed by atoms with E-state index in [9.17, 15) is 4.79 Å². The summed E-state index contributed by atoms with van der Waals surface area (Å²) in [4.78, 5) is 13.2. The van der Waals surface area contributed by atoms with Gasteiger partial charge in [-0.05, 0) is 27.8 Å². The summed E-state index contributed by atoms with van der Waals surface area (Å²) in [5.41, 5.74) is 0.0906. The molecule has 1 heterocycles. The lowest BCUT2D eigenvalue weighted by atomic mass is 9.98. The van der Waals surface area contributed by atoms with Crippen molar-refractivity contribution in [1.29, 1.82) is 0 Å². The lowest BCUT2D eigenvalue weighted by Crippen LogP contribution is -2.62. The van der Waals surface area contributed by atoms with E-state index in [4.69, 9.17) is 0 Å². The molecule has 3 nitrogen and oxygen atoms in total. The number of hydrogen-bond donors (Lipinski definition) is 1. The summed E-state index contributed by atoms with van der Waals surface area (Å²) >= 11 is 0. The topological polar surface area (TPSA) is 32.3 Å². The number of carbonyl (C=O) groups excluding carboxylic acids is 1. The number of hydrogen-bond acceptors (Lipinski definition) is 2. The fourth-order valence-corrected chi connectivity index (χ4v) is 1.28. The number of carbonyl (C=O) groups is 1. The molecule has 0 saturated carbocycles. The first-order valence-corrected chi connectivity index (χ1v) is 3.96. The van der Waals surface area contributed by atoms with Crippen molar-refractivity contribution in [2.75, 3.05) is 13.6 Å². The zero-order chi connectivity index (χ0) is 8.65. The van der Waals surface area contributed by atoms with E-state index in [1.165, 1.54) is 0 Å². The van der Waals surface area contributed by atoms with Gasteiger partial charge in [-0.25, -0.2) is 0 Å². The molecule has 1 saturated heterocycles. The van der Waals surface area contributed by atoms with Crippen LogP contribution in [0.1, 0.15) is 20.8 Å². The summed E-state index contributed by atoms with van der Waals surface area (Å²) in [7, 11) is 1.99. The van der Waals surface area contributed by atoms with Gasteiger partial charge in [0.25, 0.3) is 0 Å². The van der Waals surface area contributed by atoms with Gasteiger partial charge >= 0.3 is 0 Å². The van der Waals surface area contributed by atoms with Gasteiger partial charge in [0.2, 0.25) is 5.91 Å². The molecule has 3 heteroatoms. The van der Waals surface area contributed by atoms with E-state index in [0.29, 0.717) is 0 Å². The molecule has 1 N–H and O–H groups in total. The maximum absolute atomic E-state index is 11.1. The monoisotopic (exact) mass is 156 g/mol. The largest absolute Gasteiger partial charge is 0.353 e. The lowest BCUT2D eigenvalue weighted by molar-refractivity contribution is -0.131. The first kappa shape index (κ1) is 8.53. The molecule has 0 aromatic heterocycles. The van der Waals surface area contributed by atoms with Crippen molar-refractivity contribution < 1.29 is 4.79 Å². The van der Waals surface area contributed by atoms with Crippen molar-refractivity contribution >= 4 is 5.91 Å². The molecule has 1 unspecified atom stereocenters. The standard InChI is InChI=1S/C8H16N2O/c1-6-7(11)9-5-8(2,3)10(6)4/h6H,5H2,1-4H3,(H,9,11). The van der Waals surface area contributed by atoms with Crippen LogP contribution in [-0.2, 0) is 4.79 Å². The second-order valence-electron chi connectivity index (χ2n) is 3.82. The van der Waals surface area contributed by atoms with Crippen LogP contribution >= 0.6 is 0 Å². The molecule has 0 aromatic rings. The van der Waals surface area contributed by atoms with E-state index in [2.05, 4.69) is 24.1 Å². The van der Waals surface area contributed by atoms with Crippen LogP contribution in [0.2, 0.25) is 0 Å². The predicted molar refractivity (Wildman–Crippen MR) is 44.3 cm³/mol. The molecular formula is C8H16N2O. The molecule has 0 spiro atoms. The minimum absolute atomic E-state index is 0.00116. The molecular weight excluding hydrogens is 140 g/mol. The number of nitrogens with one attached hydrogen (secondary N) is 1. The van der Waals surface area contributed by atoms with Crippen molar-refractivity contribution in [3.63, 3.8) is 0 Å². The summed E-state index contributed by atoms with van der Waals surface area (Å²) in [6.45, 7) is 6.93. The van der Waals surface area contributed by atoms with Gasteiger partial charge in [-0.1, -0.05) is 0 Å². The van der Waals surface area contributed by atoms with Crippen molar-refractivity contribution in [3.8, 4) is 0 Å². The molecule has 1 amide bonds. The van der Waals surface area contributed by atoms with E-state index in [1.54, 1.807) is 0 Å². The Bertz CT molecular complexity index is 177. The Morgan fingerprint density at radius 2 is 2.18 bits per heavy atom. The average molecular weight is 156 g/mol. The molecule has 1 rings (SSSR count). The SMILES string of the molecule is CC1C(=O)NCC(C)(C)N1C. The molecule has 0 aromatic carbocycles. The van der Waals surface area contributed by atoms with Crippen LogP contribution in [0.4, 0.5) is 0 Å². The van der Waals surface area contributed by atoms with Gasteiger partial charge < -0.3 is 5.32 Å². The number of rotatable bonds is 0. The Morgan fingerprint density at radius 1 is 1.64 bits per heavy atom. The predicted octanol–water partition coefficient (Wildman–Crippen LogP) is 0.215. The number of amides is 1. The second kappa shape index (κ2) is 2.48. The third-order valence-corrected chi connectivity index (χ3v) is 2.61. The quantitative estimate of drug-likeness (QED) is 0.544. The number of likely N-dealkylation sites (N-methyl/N-ethyl adjacent to an activating group) is 1. The van der Waals surface area contributed by atoms with Gasteiger partial charge in [0.15, 0.2) is 0 Å². The van der Waals surface area contributed by atoms with Crippen LogP contribution in [0.5, 0.6) is 0 Å². The summed E-state index contributed by atoms with van der Waals surface area (Å²) in [5, 5.41) is 2.87. The van der Waals surface area contributed by atoms with Gasteiger partial charge in [-0.3, -0.25) is 9.69 Å². The summed E-state index contributed by atoms with van der Waals surface area (Å²) in [6, 6.07) is -0.00116. The molecule has 1 atom stereocenters. The summed E-state index contributed by atoms with van der Waals surface area (Å²) in [6.07, 6.45) is 0. The van der Waals surface area contributed by atoms with Crippen LogP contribution in [0.3, 0.4) is 0 Å². The maximum atomic E-state index is 11.1. The summed E-state index contributed by atoms with van der Waals surface area (Å²) < 4.78 is 0. The van der Waals surface area contributed by atoms with E-state index >= 15 is 0 Å². The van der Waals surface area contributed by atoms with Gasteiger partial charge in [0, 0.05) is 12.1 Å². The first-order valence-electron chi connectivity index (χ1n) is 3.96. The Morgan fingerprint density at radius 3 is 2.64 bits per heavy atom. The Balaban J connectivity index is 2.75. The highest BCUT2D eigenvalue weighted by Gasteiger charge is 2.35. The smallest absolute Gasteiger partial charge is 0.237 e. The van der Waals surface area contributed by atoms with Gasteiger partial charge in [-0.15, -0.1) is 0 Å². The van der Waals surface area contributed by atoms with Crippen molar-refractivity contribution in [3.05, 3.63) is 0 Å². The highest BCUT2D eigenvalue weighted by Crippen LogP contribution is 2.18. The number of piperazine rings is 1. The van der Waals surface area contributed by atoms with Crippen LogP contribution in [0.25, 0.3) is 0 Å². The molecule has 0 radical (unpaired) electrons. The molecule has 1 aliphatic heterocycles. The molecule has 0 bridgehead atoms. The molecule has 1 fully saturated rings. The van der Waals surface area contributed by atoms with Crippen molar-refractivity contribution in [1.82, 2.24) is 10.2 Å². The van der Waals surface area contributed by atoms with Crippen LogP contribution in [0, 0.1) is 0 Å². The molecule has 11 heavy (non-hydrogen) atoms. The maximum Gasteiger partial charge on any atom is 0.237 e. The highest BCUT2D eigenvalue weighted by atomic mass is 16.2. The van der Waals surface area contributed by atoms with Crippen LogP contribution in [-0.4, -0.2) is 36.0 Å². The fraction of sp³-hybridized carbons (Fsp3) is 0.875. The van der Waals surface area contributed by atoms with E-state index in [0.717, 1.165) is 6.54 Å². The van der Waals surface area contributed by atoms with E-state index in [1.807, 2.05) is 14.0 Å². The van der Waals surface area contributed by atoms with Gasteiger partial charge in [0.05, 0.1) is 6.04 Å². The normalized spacial score (nSPS) is 31.6. The Hall–Kier alpha value is -0.570. The minimum Gasteiger partial charge on any atom is -0.353 e. The van der Waals surface area contributed by atoms with E-state index in [-0.39, 0.29) is 17.5 Å².